The van der Waals surface area contributed by atoms with Crippen LogP contribution in [0.15, 0.2) is 18.2 Å². The average molecular weight is 307 g/mol. The van der Waals surface area contributed by atoms with Gasteiger partial charge in [0.1, 0.15) is 0 Å². The van der Waals surface area contributed by atoms with Crippen molar-refractivity contribution in [3.05, 3.63) is 28.2 Å². The molecule has 1 rings (SSSR count). The third-order valence-corrected chi connectivity index (χ3v) is 3.89. The Bertz CT molecular complexity index is 433. The molecule has 0 spiro atoms. The van der Waals surface area contributed by atoms with Gasteiger partial charge in [-0.1, -0.05) is 23.2 Å². The lowest BCUT2D eigenvalue weighted by molar-refractivity contribution is -0.113. The SMILES string of the molecule is CC(C)(N)CSCC(=O)Nc1cc(Cl)ccc1Cl. The molecule has 0 saturated carbocycles. The fraction of sp³-hybridized carbons (Fsp3) is 0.417. The van der Waals surface area contributed by atoms with Crippen LogP contribution in [0.25, 0.3) is 0 Å². The number of nitrogens with one attached hydrogen (secondary N) is 1. The molecule has 0 aliphatic heterocycles. The van der Waals surface area contributed by atoms with Gasteiger partial charge in [-0.25, -0.2) is 0 Å². The summed E-state index contributed by atoms with van der Waals surface area (Å²) in [6, 6.07) is 4.94. The fourth-order valence-corrected chi connectivity index (χ4v) is 2.41. The van der Waals surface area contributed by atoms with Crippen molar-refractivity contribution in [1.29, 1.82) is 0 Å². The van der Waals surface area contributed by atoms with Gasteiger partial charge in [-0.05, 0) is 32.0 Å². The first-order valence-corrected chi connectivity index (χ1v) is 7.30. The molecule has 0 unspecified atom stereocenters. The second kappa shape index (κ2) is 6.66. The van der Waals surface area contributed by atoms with Crippen LogP contribution >= 0.6 is 35.0 Å². The number of benzene rings is 1. The number of nitrogens with two attached hydrogens (primary N) is 1. The van der Waals surface area contributed by atoms with Gasteiger partial charge < -0.3 is 11.1 Å². The predicted molar refractivity (Wildman–Crippen MR) is 80.7 cm³/mol. The van der Waals surface area contributed by atoms with E-state index in [1.54, 1.807) is 18.2 Å². The summed E-state index contributed by atoms with van der Waals surface area (Å²) in [4.78, 5) is 11.7. The monoisotopic (exact) mass is 306 g/mol. The molecule has 0 fully saturated rings. The number of rotatable bonds is 5. The molecule has 1 aromatic carbocycles. The lowest BCUT2D eigenvalue weighted by Crippen LogP contribution is -2.35. The van der Waals surface area contributed by atoms with Gasteiger partial charge in [-0.2, -0.15) is 11.8 Å². The largest absolute Gasteiger partial charge is 0.325 e. The highest BCUT2D eigenvalue weighted by molar-refractivity contribution is 8.00. The van der Waals surface area contributed by atoms with Crippen LogP contribution in [-0.2, 0) is 4.79 Å². The van der Waals surface area contributed by atoms with E-state index in [9.17, 15) is 4.79 Å². The maximum atomic E-state index is 11.7. The van der Waals surface area contributed by atoms with E-state index in [0.717, 1.165) is 0 Å². The van der Waals surface area contributed by atoms with E-state index in [0.29, 0.717) is 27.2 Å². The average Bonchev–Trinajstić information content (AvgIpc) is 2.21. The molecule has 0 saturated heterocycles. The van der Waals surface area contributed by atoms with Crippen molar-refractivity contribution >= 4 is 46.6 Å². The quantitative estimate of drug-likeness (QED) is 0.876. The highest BCUT2D eigenvalue weighted by Gasteiger charge is 2.12. The van der Waals surface area contributed by atoms with E-state index < -0.39 is 0 Å². The molecule has 18 heavy (non-hydrogen) atoms. The molecular formula is C12H16Cl2N2OS. The van der Waals surface area contributed by atoms with E-state index in [4.69, 9.17) is 28.9 Å². The summed E-state index contributed by atoms with van der Waals surface area (Å²) < 4.78 is 0. The highest BCUT2D eigenvalue weighted by Crippen LogP contribution is 2.25. The maximum absolute atomic E-state index is 11.7. The van der Waals surface area contributed by atoms with E-state index in [1.165, 1.54) is 11.8 Å². The molecule has 1 aromatic rings. The summed E-state index contributed by atoms with van der Waals surface area (Å²) in [6.45, 7) is 3.84. The van der Waals surface area contributed by atoms with Crippen LogP contribution in [-0.4, -0.2) is 23.0 Å². The maximum Gasteiger partial charge on any atom is 0.234 e. The second-order valence-electron chi connectivity index (χ2n) is 4.65. The van der Waals surface area contributed by atoms with Crippen molar-refractivity contribution in [2.75, 3.05) is 16.8 Å². The minimum atomic E-state index is -0.279. The number of thioether (sulfide) groups is 1. The summed E-state index contributed by atoms with van der Waals surface area (Å²) in [5.74, 6) is 0.932. The standard InChI is InChI=1S/C12H16Cl2N2OS/c1-12(2,15)7-18-6-11(17)16-10-5-8(13)3-4-9(10)14/h3-5H,6-7,15H2,1-2H3,(H,16,17). The van der Waals surface area contributed by atoms with Crippen LogP contribution in [0.3, 0.4) is 0 Å². The van der Waals surface area contributed by atoms with E-state index >= 15 is 0 Å². The predicted octanol–water partition coefficient (Wildman–Crippen LogP) is 3.40. The van der Waals surface area contributed by atoms with Crippen LogP contribution in [0.4, 0.5) is 5.69 Å². The number of hydrogen-bond donors (Lipinski definition) is 2. The molecule has 1 amide bonds. The number of carbonyl (C=O) groups is 1. The molecular weight excluding hydrogens is 291 g/mol. The third-order valence-electron chi connectivity index (χ3n) is 1.91. The molecule has 0 heterocycles. The van der Waals surface area contributed by atoms with Gasteiger partial charge in [-0.15, -0.1) is 0 Å². The first-order valence-electron chi connectivity index (χ1n) is 5.39. The lowest BCUT2D eigenvalue weighted by atomic mass is 10.1. The summed E-state index contributed by atoms with van der Waals surface area (Å²) in [5.41, 5.74) is 6.08. The van der Waals surface area contributed by atoms with Crippen molar-refractivity contribution in [2.45, 2.75) is 19.4 Å². The Morgan fingerprint density at radius 1 is 1.44 bits per heavy atom. The zero-order valence-electron chi connectivity index (χ0n) is 10.3. The van der Waals surface area contributed by atoms with Crippen LogP contribution in [0.5, 0.6) is 0 Å². The first-order chi connectivity index (χ1) is 8.28. The van der Waals surface area contributed by atoms with Gasteiger partial charge in [0.25, 0.3) is 0 Å². The molecule has 0 aromatic heterocycles. The van der Waals surface area contributed by atoms with Crippen LogP contribution in [0.1, 0.15) is 13.8 Å². The van der Waals surface area contributed by atoms with Gasteiger partial charge in [0.2, 0.25) is 5.91 Å². The zero-order chi connectivity index (χ0) is 13.8. The van der Waals surface area contributed by atoms with Gasteiger partial charge in [0.15, 0.2) is 0 Å². The Morgan fingerprint density at radius 3 is 2.72 bits per heavy atom. The summed E-state index contributed by atoms with van der Waals surface area (Å²) >= 11 is 13.3. The second-order valence-corrected chi connectivity index (χ2v) is 6.48. The Hall–Kier alpha value is -0.420. The minimum Gasteiger partial charge on any atom is -0.325 e. The van der Waals surface area contributed by atoms with Crippen LogP contribution in [0.2, 0.25) is 10.0 Å². The molecule has 6 heteroatoms. The lowest BCUT2D eigenvalue weighted by Gasteiger charge is -2.17. The number of anilines is 1. The smallest absolute Gasteiger partial charge is 0.234 e. The highest BCUT2D eigenvalue weighted by atomic mass is 35.5. The fourth-order valence-electron chi connectivity index (χ4n) is 1.19. The Morgan fingerprint density at radius 2 is 2.11 bits per heavy atom. The molecule has 0 aliphatic rings. The van der Waals surface area contributed by atoms with Gasteiger partial charge in [0.05, 0.1) is 16.5 Å². The zero-order valence-corrected chi connectivity index (χ0v) is 12.6. The normalized spacial score (nSPS) is 11.4. The number of hydrogen-bond acceptors (Lipinski definition) is 3. The number of amides is 1. The van der Waals surface area contributed by atoms with Crippen LogP contribution in [0, 0.1) is 0 Å². The first kappa shape index (κ1) is 15.6. The van der Waals surface area contributed by atoms with E-state index in [2.05, 4.69) is 5.32 Å². The number of halogens is 2. The van der Waals surface area contributed by atoms with Crippen molar-refractivity contribution in [3.63, 3.8) is 0 Å². The molecule has 100 valence electrons. The Labute approximate surface area is 121 Å². The number of carbonyl (C=O) groups excluding carboxylic acids is 1. The minimum absolute atomic E-state index is 0.117. The molecule has 0 aliphatic carbocycles. The Kier molecular flexibility index (Phi) is 5.79. The topological polar surface area (TPSA) is 55.1 Å². The Balaban J connectivity index is 2.47. The molecule has 3 N–H and O–H groups in total. The van der Waals surface area contributed by atoms with E-state index in [1.807, 2.05) is 13.8 Å². The van der Waals surface area contributed by atoms with Crippen molar-refractivity contribution in [1.82, 2.24) is 0 Å². The third kappa shape index (κ3) is 5.96. The van der Waals surface area contributed by atoms with Crippen molar-refractivity contribution in [2.24, 2.45) is 5.73 Å². The van der Waals surface area contributed by atoms with Gasteiger partial charge >= 0.3 is 0 Å². The summed E-state index contributed by atoms with van der Waals surface area (Å²) in [5, 5.41) is 3.72. The van der Waals surface area contributed by atoms with Crippen molar-refractivity contribution in [3.8, 4) is 0 Å². The molecule has 3 nitrogen and oxygen atoms in total. The van der Waals surface area contributed by atoms with Crippen LogP contribution < -0.4 is 11.1 Å². The van der Waals surface area contributed by atoms with Gasteiger partial charge in [0, 0.05) is 16.3 Å². The van der Waals surface area contributed by atoms with Gasteiger partial charge in [-0.3, -0.25) is 4.79 Å². The van der Waals surface area contributed by atoms with Crippen molar-refractivity contribution < 1.29 is 4.79 Å². The van der Waals surface area contributed by atoms with E-state index in [-0.39, 0.29) is 11.4 Å². The summed E-state index contributed by atoms with van der Waals surface area (Å²) in [6.07, 6.45) is 0. The molecule has 0 bridgehead atoms. The molecule has 0 atom stereocenters. The summed E-state index contributed by atoms with van der Waals surface area (Å²) in [7, 11) is 0. The molecule has 0 radical (unpaired) electrons.